The van der Waals surface area contributed by atoms with Gasteiger partial charge in [-0.25, -0.2) is 4.79 Å². The topological polar surface area (TPSA) is 78.5 Å². The Balaban J connectivity index is 1.21. The van der Waals surface area contributed by atoms with Gasteiger partial charge in [0.15, 0.2) is 0 Å². The number of benzene rings is 3. The normalized spacial score (nSPS) is 13.1. The Labute approximate surface area is 227 Å². The van der Waals surface area contributed by atoms with Crippen molar-refractivity contribution >= 4 is 29.0 Å². The Kier molecular flexibility index (Phi) is 8.38. The number of rotatable bonds is 8. The molecule has 0 aliphatic carbocycles. The molecule has 194 valence electrons. The van der Waals surface area contributed by atoms with E-state index in [-0.39, 0.29) is 6.03 Å². The molecule has 0 unspecified atom stereocenters. The maximum atomic E-state index is 12.2. The van der Waals surface area contributed by atoms with Crippen molar-refractivity contribution in [2.75, 3.05) is 36.4 Å². The van der Waals surface area contributed by atoms with E-state index in [1.54, 1.807) is 12.4 Å². The number of carbonyl (C=O) groups is 1. The van der Waals surface area contributed by atoms with Crippen LogP contribution in [0.4, 0.5) is 16.2 Å². The van der Waals surface area contributed by atoms with E-state index in [0.717, 1.165) is 48.4 Å². The smallest absolute Gasteiger partial charge is 0.319 e. The van der Waals surface area contributed by atoms with Crippen molar-refractivity contribution in [1.82, 2.24) is 15.6 Å². The van der Waals surface area contributed by atoms with Crippen LogP contribution in [0, 0.1) is 0 Å². The summed E-state index contributed by atoms with van der Waals surface area (Å²) in [5, 5.41) is 9.73. The predicted molar refractivity (Wildman–Crippen MR) is 153 cm³/mol. The Morgan fingerprint density at radius 2 is 1.84 bits per heavy atom. The van der Waals surface area contributed by atoms with Gasteiger partial charge in [0.2, 0.25) is 0 Å². The molecule has 1 aliphatic heterocycles. The lowest BCUT2D eigenvalue weighted by Gasteiger charge is -2.29. The molecule has 3 N–H and O–H groups in total. The molecule has 8 heteroatoms. The number of hydrogen-bond donors (Lipinski definition) is 3. The molecule has 1 saturated heterocycles. The first-order chi connectivity index (χ1) is 18.6. The molecular weight excluding hydrogens is 498 g/mol. The molecule has 0 spiro atoms. The standard InChI is InChI=1S/C30H30ClN5O2/c31-25-6-11-29(23-4-1-5-27(18-23)36-15-13-32-14-16-36)24(17-25)21-38-28-9-7-26(8-10-28)35-30(37)34-20-22-3-2-12-33-19-22/h1-12,17-19,32H,13-16,20-21H2,(H2,34,35,37). The molecule has 1 aromatic heterocycles. The third kappa shape index (κ3) is 6.82. The van der Waals surface area contributed by atoms with E-state index in [1.807, 2.05) is 48.5 Å². The van der Waals surface area contributed by atoms with Crippen molar-refractivity contribution in [1.29, 1.82) is 0 Å². The van der Waals surface area contributed by atoms with Crippen molar-refractivity contribution in [3.8, 4) is 16.9 Å². The van der Waals surface area contributed by atoms with Gasteiger partial charge in [-0.2, -0.15) is 0 Å². The lowest BCUT2D eigenvalue weighted by molar-refractivity contribution is 0.251. The van der Waals surface area contributed by atoms with Gasteiger partial charge in [-0.15, -0.1) is 0 Å². The zero-order valence-electron chi connectivity index (χ0n) is 21.0. The van der Waals surface area contributed by atoms with Crippen molar-refractivity contribution in [2.45, 2.75) is 13.2 Å². The number of aromatic nitrogens is 1. The van der Waals surface area contributed by atoms with E-state index in [9.17, 15) is 4.79 Å². The number of pyridine rings is 1. The first kappa shape index (κ1) is 25.6. The summed E-state index contributed by atoms with van der Waals surface area (Å²) in [6.45, 7) is 4.75. The number of anilines is 2. The van der Waals surface area contributed by atoms with Crippen molar-refractivity contribution in [3.05, 3.63) is 107 Å². The minimum atomic E-state index is -0.283. The highest BCUT2D eigenvalue weighted by Gasteiger charge is 2.13. The van der Waals surface area contributed by atoms with Crippen LogP contribution in [0.2, 0.25) is 5.02 Å². The number of nitrogens with zero attached hydrogens (tertiary/aromatic N) is 2. The van der Waals surface area contributed by atoms with Crippen LogP contribution in [0.25, 0.3) is 11.1 Å². The van der Waals surface area contributed by atoms with Crippen LogP contribution in [0.1, 0.15) is 11.1 Å². The molecule has 7 nitrogen and oxygen atoms in total. The molecule has 1 aliphatic rings. The number of piperazine rings is 1. The van der Waals surface area contributed by atoms with E-state index in [1.165, 1.54) is 5.69 Å². The maximum Gasteiger partial charge on any atom is 0.319 e. The molecular formula is C30H30ClN5O2. The Bertz CT molecular complexity index is 1360. The second kappa shape index (κ2) is 12.4. The van der Waals surface area contributed by atoms with Gasteiger partial charge in [0, 0.05) is 61.5 Å². The summed E-state index contributed by atoms with van der Waals surface area (Å²) in [6.07, 6.45) is 3.42. The third-order valence-corrected chi connectivity index (χ3v) is 6.62. The van der Waals surface area contributed by atoms with Gasteiger partial charge in [-0.05, 0) is 76.9 Å². The highest BCUT2D eigenvalue weighted by atomic mass is 35.5. The predicted octanol–water partition coefficient (Wildman–Crippen LogP) is 5.71. The number of carbonyl (C=O) groups excluding carboxylic acids is 1. The molecule has 3 aromatic carbocycles. The van der Waals surface area contributed by atoms with Gasteiger partial charge in [0.05, 0.1) is 0 Å². The molecule has 0 saturated carbocycles. The lowest BCUT2D eigenvalue weighted by atomic mass is 9.99. The number of nitrogens with one attached hydrogen (secondary N) is 3. The molecule has 0 atom stereocenters. The number of urea groups is 1. The summed E-state index contributed by atoms with van der Waals surface area (Å²) in [4.78, 5) is 18.7. The fourth-order valence-electron chi connectivity index (χ4n) is 4.41. The highest BCUT2D eigenvalue weighted by Crippen LogP contribution is 2.31. The molecule has 38 heavy (non-hydrogen) atoms. The van der Waals surface area contributed by atoms with Gasteiger partial charge in [0.1, 0.15) is 12.4 Å². The average Bonchev–Trinajstić information content (AvgIpc) is 2.97. The summed E-state index contributed by atoms with van der Waals surface area (Å²) < 4.78 is 6.11. The summed E-state index contributed by atoms with van der Waals surface area (Å²) in [5.74, 6) is 0.701. The van der Waals surface area contributed by atoms with E-state index in [2.05, 4.69) is 56.2 Å². The number of amides is 2. The second-order valence-electron chi connectivity index (χ2n) is 9.07. The average molecular weight is 528 g/mol. The van der Waals surface area contributed by atoms with Crippen LogP contribution >= 0.6 is 11.6 Å². The lowest BCUT2D eigenvalue weighted by Crippen LogP contribution is -2.43. The SMILES string of the molecule is O=C(NCc1cccnc1)Nc1ccc(OCc2cc(Cl)ccc2-c2cccc(N3CCNCC3)c2)cc1. The van der Waals surface area contributed by atoms with Gasteiger partial charge in [-0.3, -0.25) is 4.98 Å². The third-order valence-electron chi connectivity index (χ3n) is 6.39. The molecule has 0 radical (unpaired) electrons. The van der Waals surface area contributed by atoms with Gasteiger partial charge < -0.3 is 25.6 Å². The molecule has 5 rings (SSSR count). The van der Waals surface area contributed by atoms with Crippen LogP contribution in [0.15, 0.2) is 91.3 Å². The van der Waals surface area contributed by atoms with Gasteiger partial charge in [-0.1, -0.05) is 35.9 Å². The fraction of sp³-hybridized carbons (Fsp3) is 0.200. The van der Waals surface area contributed by atoms with Gasteiger partial charge in [0.25, 0.3) is 0 Å². The Morgan fingerprint density at radius 1 is 1.00 bits per heavy atom. The fourth-order valence-corrected chi connectivity index (χ4v) is 4.61. The molecule has 4 aromatic rings. The molecule has 0 bridgehead atoms. The second-order valence-corrected chi connectivity index (χ2v) is 9.51. The van der Waals surface area contributed by atoms with Crippen LogP contribution in [0.3, 0.4) is 0 Å². The van der Waals surface area contributed by atoms with Crippen molar-refractivity contribution in [3.63, 3.8) is 0 Å². The summed E-state index contributed by atoms with van der Waals surface area (Å²) in [7, 11) is 0. The van der Waals surface area contributed by atoms with E-state index in [0.29, 0.717) is 29.6 Å². The number of ether oxygens (including phenoxy) is 1. The van der Waals surface area contributed by atoms with Crippen LogP contribution in [-0.2, 0) is 13.2 Å². The largest absolute Gasteiger partial charge is 0.489 e. The minimum Gasteiger partial charge on any atom is -0.489 e. The van der Waals surface area contributed by atoms with Crippen LogP contribution in [0.5, 0.6) is 5.75 Å². The minimum absolute atomic E-state index is 0.283. The summed E-state index contributed by atoms with van der Waals surface area (Å²) in [6, 6.07) is 25.3. The summed E-state index contributed by atoms with van der Waals surface area (Å²) in [5.41, 5.74) is 6.06. The number of halogens is 1. The first-order valence-corrected chi connectivity index (χ1v) is 13.0. The zero-order valence-corrected chi connectivity index (χ0v) is 21.7. The van der Waals surface area contributed by atoms with Crippen LogP contribution in [-0.4, -0.2) is 37.2 Å². The first-order valence-electron chi connectivity index (χ1n) is 12.7. The van der Waals surface area contributed by atoms with E-state index >= 15 is 0 Å². The van der Waals surface area contributed by atoms with Crippen molar-refractivity contribution < 1.29 is 9.53 Å². The molecule has 1 fully saturated rings. The van der Waals surface area contributed by atoms with Gasteiger partial charge >= 0.3 is 6.03 Å². The van der Waals surface area contributed by atoms with E-state index in [4.69, 9.17) is 16.3 Å². The van der Waals surface area contributed by atoms with Crippen LogP contribution < -0.4 is 25.6 Å². The maximum absolute atomic E-state index is 12.2. The highest BCUT2D eigenvalue weighted by molar-refractivity contribution is 6.30. The van der Waals surface area contributed by atoms with E-state index < -0.39 is 0 Å². The Hall–Kier alpha value is -4.07. The molecule has 2 heterocycles. The zero-order chi connectivity index (χ0) is 26.2. The summed E-state index contributed by atoms with van der Waals surface area (Å²) >= 11 is 6.35. The van der Waals surface area contributed by atoms with Crippen molar-refractivity contribution in [2.24, 2.45) is 0 Å². The Morgan fingerprint density at radius 3 is 2.63 bits per heavy atom. The number of hydrogen-bond acceptors (Lipinski definition) is 5. The quantitative estimate of drug-likeness (QED) is 0.273. The monoisotopic (exact) mass is 527 g/mol. The molecule has 2 amide bonds.